The highest BCUT2D eigenvalue weighted by atomic mass is 16.5. The average molecular weight is 209 g/mol. The summed E-state index contributed by atoms with van der Waals surface area (Å²) in [7, 11) is 0. The molecule has 0 spiro atoms. The number of ether oxygens (including phenoxy) is 1. The van der Waals surface area contributed by atoms with Gasteiger partial charge in [0.1, 0.15) is 5.54 Å². The minimum Gasteiger partial charge on any atom is -0.500 e. The predicted molar refractivity (Wildman–Crippen MR) is 61.1 cm³/mol. The number of rotatable bonds is 4. The van der Waals surface area contributed by atoms with Gasteiger partial charge in [0, 0.05) is 5.71 Å². The van der Waals surface area contributed by atoms with E-state index < -0.39 is 5.54 Å². The molecule has 1 aliphatic heterocycles. The Kier molecular flexibility index (Phi) is 3.66. The first-order valence-corrected chi connectivity index (χ1v) is 5.42. The van der Waals surface area contributed by atoms with Crippen LogP contribution in [0.5, 0.6) is 0 Å². The smallest absolute Gasteiger partial charge is 0.194 e. The summed E-state index contributed by atoms with van der Waals surface area (Å²) in [6, 6.07) is 0. The molecular weight excluding hydrogens is 190 g/mol. The van der Waals surface area contributed by atoms with E-state index in [1.165, 1.54) is 0 Å². The molecule has 0 fully saturated rings. The maximum absolute atomic E-state index is 11.8. The summed E-state index contributed by atoms with van der Waals surface area (Å²) in [4.78, 5) is 16.1. The van der Waals surface area contributed by atoms with Gasteiger partial charge in [-0.3, -0.25) is 9.79 Å². The summed E-state index contributed by atoms with van der Waals surface area (Å²) in [5.41, 5.74) is 0.793. The molecule has 84 valence electrons. The lowest BCUT2D eigenvalue weighted by Crippen LogP contribution is -2.25. The Labute approximate surface area is 91.2 Å². The molecule has 0 N–H and O–H groups in total. The molecule has 0 aromatic carbocycles. The van der Waals surface area contributed by atoms with E-state index in [4.69, 9.17) is 4.74 Å². The van der Waals surface area contributed by atoms with Crippen LogP contribution in [0.1, 0.15) is 40.5 Å². The van der Waals surface area contributed by atoms with Crippen molar-refractivity contribution in [2.45, 2.75) is 46.1 Å². The first-order valence-electron chi connectivity index (χ1n) is 5.42. The van der Waals surface area contributed by atoms with E-state index in [9.17, 15) is 4.79 Å². The quantitative estimate of drug-likeness (QED) is 0.405. The van der Waals surface area contributed by atoms with Crippen LogP contribution in [0.3, 0.4) is 0 Å². The van der Waals surface area contributed by atoms with Crippen LogP contribution >= 0.6 is 0 Å². The standard InChI is InChI=1S/C12H19NO2/c1-5-6-7-15-8-10-9(2)13-12(3,4)11(10)14/h8H,5-7H2,1-4H3/b10-8+. The molecule has 0 atom stereocenters. The van der Waals surface area contributed by atoms with E-state index in [0.717, 1.165) is 18.6 Å². The van der Waals surface area contributed by atoms with Crippen LogP contribution in [-0.4, -0.2) is 23.6 Å². The van der Waals surface area contributed by atoms with Crippen LogP contribution in [0.25, 0.3) is 0 Å². The molecule has 0 radical (unpaired) electrons. The summed E-state index contributed by atoms with van der Waals surface area (Å²) in [5.74, 6) is 0.0523. The monoisotopic (exact) mass is 209 g/mol. The molecule has 0 saturated carbocycles. The molecule has 0 saturated heterocycles. The SMILES string of the molecule is CCCCO/C=C1/C(=O)C(C)(C)N=C1C. The van der Waals surface area contributed by atoms with E-state index >= 15 is 0 Å². The van der Waals surface area contributed by atoms with Gasteiger partial charge in [0.15, 0.2) is 5.78 Å². The third-order valence-electron chi connectivity index (χ3n) is 2.45. The van der Waals surface area contributed by atoms with E-state index in [0.29, 0.717) is 12.2 Å². The highest BCUT2D eigenvalue weighted by molar-refractivity contribution is 6.28. The van der Waals surface area contributed by atoms with Crippen molar-refractivity contribution in [3.05, 3.63) is 11.8 Å². The number of carbonyl (C=O) groups excluding carboxylic acids is 1. The molecule has 0 unspecified atom stereocenters. The van der Waals surface area contributed by atoms with Crippen LogP contribution < -0.4 is 0 Å². The van der Waals surface area contributed by atoms with Gasteiger partial charge in [0.25, 0.3) is 0 Å². The van der Waals surface area contributed by atoms with Crippen LogP contribution in [-0.2, 0) is 9.53 Å². The third kappa shape index (κ3) is 2.67. The number of unbranched alkanes of at least 4 members (excludes halogenated alkanes) is 1. The van der Waals surface area contributed by atoms with Crippen molar-refractivity contribution in [3.8, 4) is 0 Å². The van der Waals surface area contributed by atoms with Crippen LogP contribution in [0.15, 0.2) is 16.8 Å². The molecule has 15 heavy (non-hydrogen) atoms. The van der Waals surface area contributed by atoms with Crippen molar-refractivity contribution < 1.29 is 9.53 Å². The average Bonchev–Trinajstić information content (AvgIpc) is 2.33. The fourth-order valence-electron chi connectivity index (χ4n) is 1.53. The second kappa shape index (κ2) is 4.60. The Morgan fingerprint density at radius 2 is 2.13 bits per heavy atom. The number of aliphatic imine (C=N–C) groups is 1. The number of ketones is 1. The van der Waals surface area contributed by atoms with Crippen molar-refractivity contribution in [3.63, 3.8) is 0 Å². The topological polar surface area (TPSA) is 38.7 Å². The first-order chi connectivity index (χ1) is 6.99. The van der Waals surface area contributed by atoms with E-state index in [1.54, 1.807) is 6.26 Å². The van der Waals surface area contributed by atoms with Gasteiger partial charge in [0.2, 0.25) is 0 Å². The van der Waals surface area contributed by atoms with Gasteiger partial charge >= 0.3 is 0 Å². The molecule has 0 bridgehead atoms. The third-order valence-corrected chi connectivity index (χ3v) is 2.45. The summed E-state index contributed by atoms with van der Waals surface area (Å²) >= 11 is 0. The Balaban J connectivity index is 2.64. The Morgan fingerprint density at radius 1 is 1.47 bits per heavy atom. The Morgan fingerprint density at radius 3 is 2.60 bits per heavy atom. The molecule has 1 rings (SSSR count). The van der Waals surface area contributed by atoms with Crippen molar-refractivity contribution in [2.75, 3.05) is 6.61 Å². The highest BCUT2D eigenvalue weighted by Crippen LogP contribution is 2.25. The fourth-order valence-corrected chi connectivity index (χ4v) is 1.53. The van der Waals surface area contributed by atoms with Crippen LogP contribution in [0, 0.1) is 0 Å². The predicted octanol–water partition coefficient (Wildman–Crippen LogP) is 2.51. The minimum atomic E-state index is -0.607. The van der Waals surface area contributed by atoms with Crippen molar-refractivity contribution in [1.82, 2.24) is 0 Å². The van der Waals surface area contributed by atoms with Gasteiger partial charge in [-0.1, -0.05) is 13.3 Å². The number of Topliss-reactive ketones (excluding diaryl/α,β-unsaturated/α-hetero) is 1. The van der Waals surface area contributed by atoms with Gasteiger partial charge in [-0.2, -0.15) is 0 Å². The molecule has 3 heteroatoms. The molecule has 0 aromatic heterocycles. The zero-order valence-corrected chi connectivity index (χ0v) is 9.96. The van der Waals surface area contributed by atoms with Gasteiger partial charge < -0.3 is 4.74 Å². The summed E-state index contributed by atoms with van der Waals surface area (Å²) in [6.07, 6.45) is 3.67. The fraction of sp³-hybridized carbons (Fsp3) is 0.667. The van der Waals surface area contributed by atoms with E-state index in [2.05, 4.69) is 11.9 Å². The minimum absolute atomic E-state index is 0.0523. The number of hydrogen-bond acceptors (Lipinski definition) is 3. The number of hydrogen-bond donors (Lipinski definition) is 0. The lowest BCUT2D eigenvalue weighted by atomic mass is 9.98. The second-order valence-corrected chi connectivity index (χ2v) is 4.34. The molecule has 0 aliphatic carbocycles. The van der Waals surface area contributed by atoms with Crippen molar-refractivity contribution >= 4 is 11.5 Å². The van der Waals surface area contributed by atoms with Gasteiger partial charge in [0.05, 0.1) is 18.4 Å². The summed E-state index contributed by atoms with van der Waals surface area (Å²) in [5, 5.41) is 0. The highest BCUT2D eigenvalue weighted by Gasteiger charge is 2.37. The van der Waals surface area contributed by atoms with Gasteiger partial charge in [-0.05, 0) is 27.2 Å². The van der Waals surface area contributed by atoms with Crippen LogP contribution in [0.4, 0.5) is 0 Å². The molecule has 3 nitrogen and oxygen atoms in total. The zero-order valence-electron chi connectivity index (χ0n) is 9.96. The lowest BCUT2D eigenvalue weighted by Gasteiger charge is -2.10. The largest absolute Gasteiger partial charge is 0.500 e. The van der Waals surface area contributed by atoms with Gasteiger partial charge in [-0.15, -0.1) is 0 Å². The molecular formula is C12H19NO2. The van der Waals surface area contributed by atoms with Crippen LogP contribution in [0.2, 0.25) is 0 Å². The maximum Gasteiger partial charge on any atom is 0.194 e. The van der Waals surface area contributed by atoms with E-state index in [-0.39, 0.29) is 5.78 Å². The lowest BCUT2D eigenvalue weighted by molar-refractivity contribution is -0.118. The summed E-state index contributed by atoms with van der Waals surface area (Å²) < 4.78 is 5.33. The maximum atomic E-state index is 11.8. The zero-order chi connectivity index (χ0) is 11.5. The molecule has 1 aliphatic rings. The normalized spacial score (nSPS) is 22.0. The summed E-state index contributed by atoms with van der Waals surface area (Å²) in [6.45, 7) is 8.27. The van der Waals surface area contributed by atoms with Crippen molar-refractivity contribution in [2.24, 2.45) is 4.99 Å². The van der Waals surface area contributed by atoms with Crippen molar-refractivity contribution in [1.29, 1.82) is 0 Å². The van der Waals surface area contributed by atoms with E-state index in [1.807, 2.05) is 20.8 Å². The molecule has 0 aromatic rings. The molecule has 0 amide bonds. The number of carbonyl (C=O) groups is 1. The number of nitrogens with zero attached hydrogens (tertiary/aromatic N) is 1. The second-order valence-electron chi connectivity index (χ2n) is 4.34. The Bertz CT molecular complexity index is 314. The first kappa shape index (κ1) is 12.0. The molecule has 1 heterocycles. The Hall–Kier alpha value is -1.12. The van der Waals surface area contributed by atoms with Gasteiger partial charge in [-0.25, -0.2) is 0 Å².